The summed E-state index contributed by atoms with van der Waals surface area (Å²) in [7, 11) is 0. The Morgan fingerprint density at radius 2 is 1.00 bits per heavy atom. The fourth-order valence-corrected chi connectivity index (χ4v) is 0.572. The highest BCUT2D eigenvalue weighted by molar-refractivity contribution is 5.69. The molecule has 96 valence electrons. The molecular formula is C5H12N2O9. The van der Waals surface area contributed by atoms with Gasteiger partial charge >= 0.3 is 6.03 Å². The van der Waals surface area contributed by atoms with Crippen LogP contribution in [0.3, 0.4) is 0 Å². The minimum absolute atomic E-state index is 0.0192. The summed E-state index contributed by atoms with van der Waals surface area (Å²) in [6.45, 7) is -3.73. The third-order valence-corrected chi connectivity index (χ3v) is 1.01. The number of rotatable bonds is 8. The lowest BCUT2D eigenvalue weighted by molar-refractivity contribution is -0.420. The lowest BCUT2D eigenvalue weighted by atomic mass is 11.1. The molecule has 0 radical (unpaired) electrons. The monoisotopic (exact) mass is 244 g/mol. The number of aliphatic hydroxyl groups excluding tert-OH is 4. The molecule has 4 N–H and O–H groups in total. The summed E-state index contributed by atoms with van der Waals surface area (Å²) >= 11 is 0. The molecule has 0 aliphatic rings. The number of carbonyl (C=O) groups excluding carboxylic acids is 1. The van der Waals surface area contributed by atoms with Gasteiger partial charge in [-0.25, -0.2) is 24.1 Å². The first kappa shape index (κ1) is 14.9. The number of nitrogens with zero attached hydrogens (tertiary/aromatic N) is 2. The van der Waals surface area contributed by atoms with Gasteiger partial charge in [-0.15, -0.1) is 0 Å². The summed E-state index contributed by atoms with van der Waals surface area (Å²) in [5, 5.41) is 33.5. The van der Waals surface area contributed by atoms with Crippen molar-refractivity contribution in [2.24, 2.45) is 0 Å². The van der Waals surface area contributed by atoms with Crippen LogP contribution in [0.25, 0.3) is 0 Å². The van der Waals surface area contributed by atoms with Gasteiger partial charge in [0.25, 0.3) is 0 Å². The Hall–Kier alpha value is -1.05. The second-order valence-corrected chi connectivity index (χ2v) is 1.83. The van der Waals surface area contributed by atoms with Gasteiger partial charge in [-0.3, -0.25) is 0 Å². The van der Waals surface area contributed by atoms with Crippen LogP contribution in [0, 0.1) is 0 Å². The van der Waals surface area contributed by atoms with Crippen LogP contribution in [0.5, 0.6) is 0 Å². The van der Waals surface area contributed by atoms with Gasteiger partial charge in [0, 0.05) is 0 Å². The van der Waals surface area contributed by atoms with Crippen molar-refractivity contribution >= 4 is 6.03 Å². The largest absolute Gasteiger partial charge is 0.419 e. The van der Waals surface area contributed by atoms with E-state index in [2.05, 4.69) is 19.4 Å². The molecule has 0 unspecified atom stereocenters. The molecule has 0 aliphatic carbocycles. The fourth-order valence-electron chi connectivity index (χ4n) is 0.572. The molecule has 11 heteroatoms. The molecule has 0 aliphatic heterocycles. The number of hydrogen-bond acceptors (Lipinski definition) is 9. The van der Waals surface area contributed by atoms with Gasteiger partial charge in [-0.05, 0) is 0 Å². The highest BCUT2D eigenvalue weighted by atomic mass is 17.0. The Balaban J connectivity index is 4.38. The predicted molar refractivity (Wildman–Crippen MR) is 41.8 cm³/mol. The third kappa shape index (κ3) is 5.15. The van der Waals surface area contributed by atoms with E-state index in [1.54, 1.807) is 0 Å². The van der Waals surface area contributed by atoms with E-state index in [1.807, 2.05) is 0 Å². The van der Waals surface area contributed by atoms with Crippen LogP contribution in [0.4, 0.5) is 4.79 Å². The first-order valence-corrected chi connectivity index (χ1v) is 3.80. The first-order chi connectivity index (χ1) is 7.71. The van der Waals surface area contributed by atoms with E-state index >= 15 is 0 Å². The summed E-state index contributed by atoms with van der Waals surface area (Å²) in [5.74, 6) is 0. The molecule has 0 rings (SSSR count). The average Bonchev–Trinajstić information content (AvgIpc) is 2.27. The summed E-state index contributed by atoms with van der Waals surface area (Å²) in [6, 6.07) is -1.30. The van der Waals surface area contributed by atoms with E-state index < -0.39 is 33.2 Å². The van der Waals surface area contributed by atoms with Gasteiger partial charge in [0.1, 0.15) is 0 Å². The van der Waals surface area contributed by atoms with E-state index in [1.165, 1.54) is 0 Å². The molecule has 0 aromatic rings. The van der Waals surface area contributed by atoms with Gasteiger partial charge in [0.05, 0.1) is 0 Å². The van der Waals surface area contributed by atoms with Crippen molar-refractivity contribution in [2.45, 2.75) is 0 Å². The number of aliphatic hydroxyl groups is 4. The number of hydroxylamine groups is 4. The third-order valence-electron chi connectivity index (χ3n) is 1.01. The minimum atomic E-state index is -1.30. The van der Waals surface area contributed by atoms with E-state index in [0.29, 0.717) is 0 Å². The molecule has 0 saturated heterocycles. The average molecular weight is 244 g/mol. The zero-order chi connectivity index (χ0) is 12.4. The zero-order valence-corrected chi connectivity index (χ0v) is 8.05. The van der Waals surface area contributed by atoms with Gasteiger partial charge in [0.2, 0.25) is 0 Å². The minimum Gasteiger partial charge on any atom is -0.368 e. The van der Waals surface area contributed by atoms with Crippen LogP contribution in [-0.2, 0) is 19.4 Å². The van der Waals surface area contributed by atoms with Gasteiger partial charge in [0.15, 0.2) is 27.2 Å². The SMILES string of the molecule is O=C(N(OCO)OCO)N(OCO)OCO. The Bertz CT molecular complexity index is 161. The number of carbonyl (C=O) groups is 1. The highest BCUT2D eigenvalue weighted by Crippen LogP contribution is 2.02. The van der Waals surface area contributed by atoms with Crippen molar-refractivity contribution in [3.63, 3.8) is 0 Å². The zero-order valence-electron chi connectivity index (χ0n) is 8.05. The van der Waals surface area contributed by atoms with Crippen molar-refractivity contribution < 1.29 is 44.6 Å². The second kappa shape index (κ2) is 9.20. The first-order valence-electron chi connectivity index (χ1n) is 3.80. The van der Waals surface area contributed by atoms with Crippen LogP contribution < -0.4 is 0 Å². The van der Waals surface area contributed by atoms with Crippen LogP contribution in [0.15, 0.2) is 0 Å². The maximum absolute atomic E-state index is 11.3. The maximum atomic E-state index is 11.3. The van der Waals surface area contributed by atoms with E-state index in [4.69, 9.17) is 20.4 Å². The van der Waals surface area contributed by atoms with Crippen molar-refractivity contribution in [2.75, 3.05) is 27.2 Å². The Kier molecular flexibility index (Phi) is 8.59. The Morgan fingerprint density at radius 1 is 0.750 bits per heavy atom. The molecule has 0 aromatic carbocycles. The standard InChI is InChI=1S/C5H12N2O9/c8-1-13-6(14-2-9)5(12)7(15-3-10)16-4-11/h8-11H,1-4H2. The molecule has 0 fully saturated rings. The van der Waals surface area contributed by atoms with Crippen molar-refractivity contribution in [3.8, 4) is 0 Å². The summed E-state index contributed by atoms with van der Waals surface area (Å²) < 4.78 is 0. The van der Waals surface area contributed by atoms with Crippen molar-refractivity contribution in [1.82, 2.24) is 10.5 Å². The van der Waals surface area contributed by atoms with Crippen LogP contribution in [-0.4, -0.2) is 64.1 Å². The quantitative estimate of drug-likeness (QED) is 0.263. The maximum Gasteiger partial charge on any atom is 0.419 e. The lowest BCUT2D eigenvalue weighted by Gasteiger charge is -2.23. The van der Waals surface area contributed by atoms with E-state index in [0.717, 1.165) is 0 Å². The number of urea groups is 1. The van der Waals surface area contributed by atoms with E-state index in [9.17, 15) is 4.79 Å². The number of amides is 2. The topological polar surface area (TPSA) is 141 Å². The van der Waals surface area contributed by atoms with Crippen LogP contribution in [0.1, 0.15) is 0 Å². The predicted octanol–water partition coefficient (Wildman–Crippen LogP) is -2.76. The smallest absolute Gasteiger partial charge is 0.368 e. The Labute approximate surface area is 89.3 Å². The van der Waals surface area contributed by atoms with Gasteiger partial charge in [-0.2, -0.15) is 0 Å². The molecular weight excluding hydrogens is 232 g/mol. The normalized spacial score (nSPS) is 10.2. The summed E-state index contributed by atoms with van der Waals surface area (Å²) in [5.41, 5.74) is 0. The van der Waals surface area contributed by atoms with Crippen LogP contribution >= 0.6 is 0 Å². The molecule has 2 amide bonds. The molecule has 0 bridgehead atoms. The van der Waals surface area contributed by atoms with E-state index in [-0.39, 0.29) is 10.5 Å². The molecule has 11 nitrogen and oxygen atoms in total. The Morgan fingerprint density at radius 3 is 1.19 bits per heavy atom. The molecule has 0 aromatic heterocycles. The van der Waals surface area contributed by atoms with Crippen molar-refractivity contribution in [3.05, 3.63) is 0 Å². The number of hydrogen-bond donors (Lipinski definition) is 4. The second-order valence-electron chi connectivity index (χ2n) is 1.83. The van der Waals surface area contributed by atoms with Crippen molar-refractivity contribution in [1.29, 1.82) is 0 Å². The molecule has 0 atom stereocenters. The van der Waals surface area contributed by atoms with Gasteiger partial charge in [-0.1, -0.05) is 10.5 Å². The molecule has 0 spiro atoms. The van der Waals surface area contributed by atoms with Gasteiger partial charge < -0.3 is 20.4 Å². The molecule has 0 heterocycles. The fraction of sp³-hybridized carbons (Fsp3) is 0.800. The molecule has 16 heavy (non-hydrogen) atoms. The lowest BCUT2D eigenvalue weighted by Crippen LogP contribution is -2.43. The van der Waals surface area contributed by atoms with Crippen LogP contribution in [0.2, 0.25) is 0 Å². The summed E-state index contributed by atoms with van der Waals surface area (Å²) in [4.78, 5) is 28.2. The molecule has 0 saturated carbocycles. The highest BCUT2D eigenvalue weighted by Gasteiger charge is 2.25. The summed E-state index contributed by atoms with van der Waals surface area (Å²) in [6.07, 6.45) is 0.